The van der Waals surface area contributed by atoms with Gasteiger partial charge in [0.2, 0.25) is 0 Å². The van der Waals surface area contributed by atoms with Crippen LogP contribution < -0.4 is 5.32 Å². The lowest BCUT2D eigenvalue weighted by Gasteiger charge is -2.26. The summed E-state index contributed by atoms with van der Waals surface area (Å²) in [4.78, 5) is 0. The van der Waals surface area contributed by atoms with Gasteiger partial charge in [-0.1, -0.05) is 26.2 Å². The van der Waals surface area contributed by atoms with Crippen molar-refractivity contribution >= 4 is 0 Å². The third kappa shape index (κ3) is 5.73. The van der Waals surface area contributed by atoms with Crippen LogP contribution in [0.5, 0.6) is 0 Å². The molecule has 0 saturated heterocycles. The first kappa shape index (κ1) is 14.8. The maximum Gasteiger partial charge on any atom is 0.415 e. The van der Waals surface area contributed by atoms with Crippen molar-refractivity contribution in [3.63, 3.8) is 0 Å². The van der Waals surface area contributed by atoms with E-state index in [0.717, 1.165) is 12.3 Å². The molecule has 102 valence electrons. The van der Waals surface area contributed by atoms with Crippen molar-refractivity contribution in [3.8, 4) is 0 Å². The van der Waals surface area contributed by atoms with Crippen LogP contribution in [0.25, 0.3) is 0 Å². The molecule has 1 rings (SSSR count). The van der Waals surface area contributed by atoms with E-state index in [1.807, 2.05) is 0 Å². The Bertz CT molecular complexity index is 220. The van der Waals surface area contributed by atoms with Gasteiger partial charge in [0.15, 0.2) is 6.10 Å². The summed E-state index contributed by atoms with van der Waals surface area (Å²) in [6.07, 6.45) is -0.959. The molecular weight excluding hydrogens is 231 g/mol. The molecule has 0 aliphatic heterocycles. The predicted molar refractivity (Wildman–Crippen MR) is 60.7 cm³/mol. The zero-order chi connectivity index (χ0) is 12.9. The van der Waals surface area contributed by atoms with E-state index in [0.29, 0.717) is 12.5 Å². The van der Waals surface area contributed by atoms with E-state index in [2.05, 4.69) is 12.2 Å². The molecule has 3 atom stereocenters. The van der Waals surface area contributed by atoms with E-state index in [4.69, 9.17) is 5.11 Å². The summed E-state index contributed by atoms with van der Waals surface area (Å²) in [5, 5.41) is 11.5. The van der Waals surface area contributed by atoms with E-state index in [-0.39, 0.29) is 0 Å². The minimum Gasteiger partial charge on any atom is -0.382 e. The van der Waals surface area contributed by atoms with Gasteiger partial charge in [0.25, 0.3) is 0 Å². The molecule has 3 unspecified atom stereocenters. The summed E-state index contributed by atoms with van der Waals surface area (Å²) in [6.45, 7) is 2.39. The molecule has 0 aromatic carbocycles. The van der Waals surface area contributed by atoms with Crippen LogP contribution >= 0.6 is 0 Å². The van der Waals surface area contributed by atoms with Crippen molar-refractivity contribution in [2.75, 3.05) is 13.1 Å². The molecule has 2 N–H and O–H groups in total. The Balaban J connectivity index is 2.08. The summed E-state index contributed by atoms with van der Waals surface area (Å²) in [6, 6.07) is 0. The average Bonchev–Trinajstić information content (AvgIpc) is 2.23. The van der Waals surface area contributed by atoms with Crippen LogP contribution in [0.2, 0.25) is 0 Å². The number of hydrogen-bond donors (Lipinski definition) is 2. The van der Waals surface area contributed by atoms with Gasteiger partial charge < -0.3 is 10.4 Å². The third-order valence-electron chi connectivity index (χ3n) is 3.49. The van der Waals surface area contributed by atoms with Crippen LogP contribution in [0, 0.1) is 11.8 Å². The molecule has 0 bridgehead atoms. The van der Waals surface area contributed by atoms with Gasteiger partial charge in [-0.05, 0) is 31.2 Å². The Hall–Kier alpha value is -0.290. The second-order valence-electron chi connectivity index (χ2n) is 5.19. The van der Waals surface area contributed by atoms with E-state index in [1.54, 1.807) is 0 Å². The zero-order valence-corrected chi connectivity index (χ0v) is 10.3. The summed E-state index contributed by atoms with van der Waals surface area (Å²) in [5.74, 6) is 1.38. The number of halogens is 3. The number of rotatable bonds is 5. The Kier molecular flexibility index (Phi) is 5.73. The molecular formula is C12H22F3NO. The van der Waals surface area contributed by atoms with E-state index in [9.17, 15) is 13.2 Å². The quantitative estimate of drug-likeness (QED) is 0.738. The second-order valence-corrected chi connectivity index (χ2v) is 5.19. The average molecular weight is 253 g/mol. The molecule has 1 aliphatic carbocycles. The van der Waals surface area contributed by atoms with Crippen molar-refractivity contribution in [3.05, 3.63) is 0 Å². The van der Waals surface area contributed by atoms with Gasteiger partial charge in [0.05, 0.1) is 0 Å². The van der Waals surface area contributed by atoms with Gasteiger partial charge in [-0.15, -0.1) is 0 Å². The lowest BCUT2D eigenvalue weighted by atomic mass is 9.81. The Labute approximate surface area is 101 Å². The minimum absolute atomic E-state index is 0.397. The largest absolute Gasteiger partial charge is 0.415 e. The highest BCUT2D eigenvalue weighted by Crippen LogP contribution is 2.30. The summed E-state index contributed by atoms with van der Waals surface area (Å²) in [5.41, 5.74) is 0. The monoisotopic (exact) mass is 253 g/mol. The van der Waals surface area contributed by atoms with Crippen molar-refractivity contribution < 1.29 is 18.3 Å². The number of alkyl halides is 3. The maximum absolute atomic E-state index is 12.0. The highest BCUT2D eigenvalue weighted by atomic mass is 19.4. The van der Waals surface area contributed by atoms with Gasteiger partial charge >= 0.3 is 6.18 Å². The molecule has 0 aromatic rings. The first-order valence-corrected chi connectivity index (χ1v) is 6.35. The molecule has 1 fully saturated rings. The number of nitrogens with one attached hydrogen (secondary N) is 1. The highest BCUT2D eigenvalue weighted by molar-refractivity contribution is 4.72. The minimum atomic E-state index is -4.51. The molecule has 0 heterocycles. The third-order valence-corrected chi connectivity index (χ3v) is 3.49. The highest BCUT2D eigenvalue weighted by Gasteiger charge is 2.37. The standard InChI is InChI=1S/C12H22F3NO/c1-9-3-2-4-10(7-9)5-6-16-8-11(17)12(13,14)15/h9-11,16-17H,2-8H2,1H3. The molecule has 0 radical (unpaired) electrons. The Morgan fingerprint density at radius 1 is 1.35 bits per heavy atom. The lowest BCUT2D eigenvalue weighted by molar-refractivity contribution is -0.201. The fourth-order valence-electron chi connectivity index (χ4n) is 2.48. The fraction of sp³-hybridized carbons (Fsp3) is 1.00. The van der Waals surface area contributed by atoms with Gasteiger partial charge in [-0.25, -0.2) is 0 Å². The lowest BCUT2D eigenvalue weighted by Crippen LogP contribution is -2.39. The van der Waals surface area contributed by atoms with Crippen LogP contribution in [0.1, 0.15) is 39.0 Å². The van der Waals surface area contributed by atoms with Crippen molar-refractivity contribution in [2.45, 2.75) is 51.3 Å². The van der Waals surface area contributed by atoms with E-state index in [1.165, 1.54) is 25.7 Å². The maximum atomic E-state index is 12.0. The van der Waals surface area contributed by atoms with Crippen molar-refractivity contribution in [1.82, 2.24) is 5.32 Å². The zero-order valence-electron chi connectivity index (χ0n) is 10.3. The van der Waals surface area contributed by atoms with Crippen molar-refractivity contribution in [1.29, 1.82) is 0 Å². The SMILES string of the molecule is CC1CCCC(CCNCC(O)C(F)(F)F)C1. The fourth-order valence-corrected chi connectivity index (χ4v) is 2.48. The van der Waals surface area contributed by atoms with Crippen LogP contribution in [0.4, 0.5) is 13.2 Å². The molecule has 0 amide bonds. The first-order chi connectivity index (χ1) is 7.89. The summed E-state index contributed by atoms with van der Waals surface area (Å²) >= 11 is 0. The van der Waals surface area contributed by atoms with Gasteiger partial charge in [0, 0.05) is 6.54 Å². The molecule has 17 heavy (non-hydrogen) atoms. The molecule has 0 aromatic heterocycles. The van der Waals surface area contributed by atoms with Gasteiger partial charge in [-0.3, -0.25) is 0 Å². The Morgan fingerprint density at radius 2 is 2.06 bits per heavy atom. The van der Waals surface area contributed by atoms with E-state index < -0.39 is 18.8 Å². The molecule has 0 spiro atoms. The number of aliphatic hydroxyl groups is 1. The van der Waals surface area contributed by atoms with Crippen LogP contribution in [0.15, 0.2) is 0 Å². The summed E-state index contributed by atoms with van der Waals surface area (Å²) in [7, 11) is 0. The molecule has 1 aliphatic rings. The second kappa shape index (κ2) is 6.59. The molecule has 1 saturated carbocycles. The number of aliphatic hydroxyl groups excluding tert-OH is 1. The molecule has 5 heteroatoms. The summed E-state index contributed by atoms with van der Waals surface area (Å²) < 4.78 is 36.0. The smallest absolute Gasteiger partial charge is 0.382 e. The van der Waals surface area contributed by atoms with E-state index >= 15 is 0 Å². The predicted octanol–water partition coefficient (Wildman–Crippen LogP) is 2.72. The van der Waals surface area contributed by atoms with Gasteiger partial charge in [-0.2, -0.15) is 13.2 Å². The van der Waals surface area contributed by atoms with Crippen LogP contribution in [0.3, 0.4) is 0 Å². The number of hydrogen-bond acceptors (Lipinski definition) is 2. The first-order valence-electron chi connectivity index (χ1n) is 6.35. The van der Waals surface area contributed by atoms with Gasteiger partial charge in [0.1, 0.15) is 0 Å². The Morgan fingerprint density at radius 3 is 2.65 bits per heavy atom. The normalized spacial score (nSPS) is 28.1. The van der Waals surface area contributed by atoms with Crippen molar-refractivity contribution in [2.24, 2.45) is 11.8 Å². The van der Waals surface area contributed by atoms with Crippen LogP contribution in [-0.2, 0) is 0 Å². The van der Waals surface area contributed by atoms with Crippen LogP contribution in [-0.4, -0.2) is 30.5 Å². The molecule has 2 nitrogen and oxygen atoms in total. The topological polar surface area (TPSA) is 32.3 Å².